The van der Waals surface area contributed by atoms with Crippen LogP contribution in [0.5, 0.6) is 0 Å². The molecule has 1 aliphatic rings. The van der Waals surface area contributed by atoms with Crippen LogP contribution in [0.4, 0.5) is 0 Å². The van der Waals surface area contributed by atoms with Crippen molar-refractivity contribution in [1.82, 2.24) is 14.8 Å². The van der Waals surface area contributed by atoms with Crippen molar-refractivity contribution in [2.75, 3.05) is 20.1 Å². The van der Waals surface area contributed by atoms with Gasteiger partial charge in [0.2, 0.25) is 10.0 Å². The SMILES string of the molecule is Cc1noc(C)c1S(=O)(=O)N(C)C1CCNCC1.Cl. The third-order valence-corrected chi connectivity index (χ3v) is 5.58. The highest BCUT2D eigenvalue weighted by Gasteiger charge is 2.33. The van der Waals surface area contributed by atoms with E-state index in [1.807, 2.05) is 0 Å². The number of hydrogen-bond acceptors (Lipinski definition) is 5. The zero-order valence-electron chi connectivity index (χ0n) is 11.3. The smallest absolute Gasteiger partial charge is 0.248 e. The van der Waals surface area contributed by atoms with Crippen LogP contribution in [0.3, 0.4) is 0 Å². The molecule has 2 rings (SSSR count). The summed E-state index contributed by atoms with van der Waals surface area (Å²) in [4.78, 5) is 0.212. The molecule has 0 amide bonds. The highest BCUT2D eigenvalue weighted by atomic mass is 35.5. The van der Waals surface area contributed by atoms with Crippen molar-refractivity contribution in [3.63, 3.8) is 0 Å². The van der Waals surface area contributed by atoms with E-state index in [9.17, 15) is 8.42 Å². The molecule has 1 aromatic heterocycles. The molecule has 0 aliphatic carbocycles. The maximum Gasteiger partial charge on any atom is 0.248 e. The van der Waals surface area contributed by atoms with Gasteiger partial charge in [-0.05, 0) is 39.8 Å². The first-order valence-electron chi connectivity index (χ1n) is 6.06. The van der Waals surface area contributed by atoms with E-state index in [0.717, 1.165) is 25.9 Å². The molecule has 0 unspecified atom stereocenters. The van der Waals surface area contributed by atoms with Crippen LogP contribution in [0.2, 0.25) is 0 Å². The minimum Gasteiger partial charge on any atom is -0.360 e. The maximum absolute atomic E-state index is 12.5. The van der Waals surface area contributed by atoms with Crippen molar-refractivity contribution in [3.8, 4) is 0 Å². The van der Waals surface area contributed by atoms with Gasteiger partial charge in [-0.3, -0.25) is 0 Å². The molecule has 110 valence electrons. The topological polar surface area (TPSA) is 75.4 Å². The minimum atomic E-state index is -3.51. The summed E-state index contributed by atoms with van der Waals surface area (Å²) in [5, 5.41) is 6.94. The van der Waals surface area contributed by atoms with E-state index in [1.165, 1.54) is 4.31 Å². The van der Waals surface area contributed by atoms with Crippen molar-refractivity contribution in [3.05, 3.63) is 11.5 Å². The van der Waals surface area contributed by atoms with E-state index in [4.69, 9.17) is 4.52 Å². The molecule has 19 heavy (non-hydrogen) atoms. The molecule has 1 saturated heterocycles. The third kappa shape index (κ3) is 3.10. The van der Waals surface area contributed by atoms with Crippen molar-refractivity contribution in [2.45, 2.75) is 37.6 Å². The van der Waals surface area contributed by atoms with Gasteiger partial charge >= 0.3 is 0 Å². The minimum absolute atomic E-state index is 0. The third-order valence-electron chi connectivity index (χ3n) is 3.43. The summed E-state index contributed by atoms with van der Waals surface area (Å²) in [5.41, 5.74) is 0.424. The fraction of sp³-hybridized carbons (Fsp3) is 0.727. The van der Waals surface area contributed by atoms with Gasteiger partial charge in [0.25, 0.3) is 0 Å². The van der Waals surface area contributed by atoms with Crippen LogP contribution in [-0.4, -0.2) is 44.1 Å². The van der Waals surface area contributed by atoms with Crippen LogP contribution in [0, 0.1) is 13.8 Å². The second-order valence-corrected chi connectivity index (χ2v) is 6.59. The van der Waals surface area contributed by atoms with Gasteiger partial charge < -0.3 is 9.84 Å². The van der Waals surface area contributed by atoms with Gasteiger partial charge in [-0.1, -0.05) is 5.16 Å². The van der Waals surface area contributed by atoms with E-state index >= 15 is 0 Å². The summed E-state index contributed by atoms with van der Waals surface area (Å²) in [5.74, 6) is 0.355. The van der Waals surface area contributed by atoms with Crippen molar-refractivity contribution in [1.29, 1.82) is 0 Å². The number of sulfonamides is 1. The monoisotopic (exact) mass is 309 g/mol. The van der Waals surface area contributed by atoms with Gasteiger partial charge in [0.15, 0.2) is 5.76 Å². The van der Waals surface area contributed by atoms with Gasteiger partial charge in [0.1, 0.15) is 10.6 Å². The van der Waals surface area contributed by atoms with Crippen LogP contribution < -0.4 is 5.32 Å². The summed E-state index contributed by atoms with van der Waals surface area (Å²) in [6.45, 7) is 4.99. The van der Waals surface area contributed by atoms with Gasteiger partial charge in [-0.25, -0.2) is 8.42 Å². The van der Waals surface area contributed by atoms with Gasteiger partial charge in [-0.15, -0.1) is 12.4 Å². The Labute approximate surface area is 120 Å². The average Bonchev–Trinajstić information content (AvgIpc) is 2.69. The lowest BCUT2D eigenvalue weighted by atomic mass is 10.1. The Bertz CT molecular complexity index is 504. The Morgan fingerprint density at radius 2 is 1.89 bits per heavy atom. The lowest BCUT2D eigenvalue weighted by molar-refractivity contribution is 0.296. The number of rotatable bonds is 3. The molecular formula is C11H20ClN3O3S. The summed E-state index contributed by atoms with van der Waals surface area (Å²) >= 11 is 0. The quantitative estimate of drug-likeness (QED) is 0.904. The van der Waals surface area contributed by atoms with Crippen LogP contribution in [0.25, 0.3) is 0 Å². The van der Waals surface area contributed by atoms with E-state index in [1.54, 1.807) is 20.9 Å². The molecule has 2 heterocycles. The molecule has 0 aromatic carbocycles. The zero-order valence-corrected chi connectivity index (χ0v) is 13.0. The molecule has 0 spiro atoms. The lowest BCUT2D eigenvalue weighted by Gasteiger charge is -2.30. The molecule has 0 atom stereocenters. The van der Waals surface area contributed by atoms with E-state index < -0.39 is 10.0 Å². The molecule has 0 radical (unpaired) electrons. The number of hydrogen-bond donors (Lipinski definition) is 1. The van der Waals surface area contributed by atoms with Crippen LogP contribution in [-0.2, 0) is 10.0 Å². The first-order valence-corrected chi connectivity index (χ1v) is 7.50. The molecule has 1 aliphatic heterocycles. The second-order valence-electron chi connectivity index (χ2n) is 4.66. The second kappa shape index (κ2) is 6.21. The molecule has 1 aromatic rings. The number of nitrogens with zero attached hydrogens (tertiary/aromatic N) is 2. The predicted molar refractivity (Wildman–Crippen MR) is 74.1 cm³/mol. The Balaban J connectivity index is 0.00000180. The molecule has 8 heteroatoms. The lowest BCUT2D eigenvalue weighted by Crippen LogP contribution is -2.44. The number of piperidine rings is 1. The largest absolute Gasteiger partial charge is 0.360 e. The normalized spacial score (nSPS) is 17.5. The van der Waals surface area contributed by atoms with Crippen molar-refractivity contribution in [2.24, 2.45) is 0 Å². The average molecular weight is 310 g/mol. The highest BCUT2D eigenvalue weighted by Crippen LogP contribution is 2.25. The Kier molecular flexibility index (Phi) is 5.37. The number of nitrogens with one attached hydrogen (secondary N) is 1. The Hall–Kier alpha value is -0.630. The standard InChI is InChI=1S/C11H19N3O3S.ClH/c1-8-11(9(2)17-13-8)18(15,16)14(3)10-4-6-12-7-5-10;/h10,12H,4-7H2,1-3H3;1H. The Morgan fingerprint density at radius 3 is 2.37 bits per heavy atom. The summed E-state index contributed by atoms with van der Waals surface area (Å²) in [6.07, 6.45) is 1.66. The fourth-order valence-electron chi connectivity index (χ4n) is 2.35. The van der Waals surface area contributed by atoms with E-state index in [2.05, 4.69) is 10.5 Å². The summed E-state index contributed by atoms with van der Waals surface area (Å²) in [7, 11) is -1.87. The first kappa shape index (κ1) is 16.4. The number of aryl methyl sites for hydroxylation is 2. The number of aromatic nitrogens is 1. The number of halogens is 1. The molecule has 0 saturated carbocycles. The Morgan fingerprint density at radius 1 is 1.32 bits per heavy atom. The molecular weight excluding hydrogens is 290 g/mol. The first-order chi connectivity index (χ1) is 8.44. The zero-order chi connectivity index (χ0) is 13.3. The maximum atomic E-state index is 12.5. The van der Waals surface area contributed by atoms with E-state index in [-0.39, 0.29) is 23.3 Å². The molecule has 0 bridgehead atoms. The summed E-state index contributed by atoms with van der Waals surface area (Å²) in [6, 6.07) is 0.0462. The van der Waals surface area contributed by atoms with Crippen LogP contribution in [0.15, 0.2) is 9.42 Å². The summed E-state index contributed by atoms with van der Waals surface area (Å²) < 4.78 is 31.5. The van der Waals surface area contributed by atoms with Gasteiger partial charge in [-0.2, -0.15) is 4.31 Å². The molecule has 6 nitrogen and oxygen atoms in total. The molecule has 1 N–H and O–H groups in total. The molecule has 1 fully saturated rings. The van der Waals surface area contributed by atoms with Crippen molar-refractivity contribution >= 4 is 22.4 Å². The van der Waals surface area contributed by atoms with Crippen molar-refractivity contribution < 1.29 is 12.9 Å². The highest BCUT2D eigenvalue weighted by molar-refractivity contribution is 7.89. The van der Waals surface area contributed by atoms with E-state index in [0.29, 0.717) is 11.5 Å². The van der Waals surface area contributed by atoms with Crippen LogP contribution >= 0.6 is 12.4 Å². The predicted octanol–water partition coefficient (Wildman–Crippen LogP) is 1.09. The van der Waals surface area contributed by atoms with Crippen LogP contribution in [0.1, 0.15) is 24.3 Å². The fourth-order valence-corrected chi connectivity index (χ4v) is 4.06. The van der Waals surface area contributed by atoms with Gasteiger partial charge in [0, 0.05) is 13.1 Å². The van der Waals surface area contributed by atoms with Gasteiger partial charge in [0.05, 0.1) is 0 Å².